The molecule has 2 N–H and O–H groups in total. The molecule has 0 spiro atoms. The molecule has 3 rings (SSSR count). The fourth-order valence-corrected chi connectivity index (χ4v) is 2.80. The van der Waals surface area contributed by atoms with E-state index in [2.05, 4.69) is 50.9 Å². The highest BCUT2D eigenvalue weighted by molar-refractivity contribution is 14.0. The van der Waals surface area contributed by atoms with Crippen molar-refractivity contribution in [2.75, 3.05) is 19.7 Å². The molecule has 0 atom stereocenters. The van der Waals surface area contributed by atoms with Crippen LogP contribution in [0.1, 0.15) is 29.7 Å². The van der Waals surface area contributed by atoms with Gasteiger partial charge in [-0.1, -0.05) is 12.1 Å². The molecule has 1 aromatic carbocycles. The standard InChI is InChI=1S/C18H26N6O.HI/c1-4-19-18(21-12-17-23-22-13(2)24(17)3)20-9-7-14-5-6-16-15(11-14)8-10-25-16;/h5-6,11H,4,7-10,12H2,1-3H3,(H2,19,20,21);1H. The van der Waals surface area contributed by atoms with E-state index in [0.717, 1.165) is 55.9 Å². The Morgan fingerprint density at radius 3 is 2.88 bits per heavy atom. The van der Waals surface area contributed by atoms with Crippen molar-refractivity contribution in [1.82, 2.24) is 25.4 Å². The van der Waals surface area contributed by atoms with Crippen LogP contribution in [-0.2, 0) is 26.4 Å². The molecule has 0 amide bonds. The van der Waals surface area contributed by atoms with E-state index in [4.69, 9.17) is 4.74 Å². The van der Waals surface area contributed by atoms with Crippen molar-refractivity contribution in [2.24, 2.45) is 12.0 Å². The predicted octanol–water partition coefficient (Wildman–Crippen LogP) is 1.97. The maximum absolute atomic E-state index is 5.56. The van der Waals surface area contributed by atoms with Crippen LogP contribution in [0.25, 0.3) is 0 Å². The largest absolute Gasteiger partial charge is 0.493 e. The fraction of sp³-hybridized carbons (Fsp3) is 0.500. The number of guanidine groups is 1. The van der Waals surface area contributed by atoms with Gasteiger partial charge in [0.15, 0.2) is 11.8 Å². The van der Waals surface area contributed by atoms with E-state index >= 15 is 0 Å². The first kappa shape index (κ1) is 20.5. The van der Waals surface area contributed by atoms with Crippen LogP contribution in [0.3, 0.4) is 0 Å². The highest BCUT2D eigenvalue weighted by Crippen LogP contribution is 2.25. The molecule has 0 saturated carbocycles. The summed E-state index contributed by atoms with van der Waals surface area (Å²) in [7, 11) is 1.96. The summed E-state index contributed by atoms with van der Waals surface area (Å²) in [5, 5.41) is 14.9. The van der Waals surface area contributed by atoms with Crippen molar-refractivity contribution in [3.8, 4) is 5.75 Å². The lowest BCUT2D eigenvalue weighted by atomic mass is 10.1. The molecule has 142 valence electrons. The van der Waals surface area contributed by atoms with Crippen LogP contribution in [0, 0.1) is 6.92 Å². The topological polar surface area (TPSA) is 76.4 Å². The second-order valence-corrected chi connectivity index (χ2v) is 6.13. The zero-order valence-electron chi connectivity index (χ0n) is 15.6. The van der Waals surface area contributed by atoms with E-state index in [0.29, 0.717) is 6.54 Å². The second kappa shape index (κ2) is 9.75. The van der Waals surface area contributed by atoms with Gasteiger partial charge in [0.2, 0.25) is 0 Å². The Labute approximate surface area is 171 Å². The monoisotopic (exact) mass is 470 g/mol. The predicted molar refractivity (Wildman–Crippen MR) is 113 cm³/mol. The molecule has 1 aliphatic heterocycles. The van der Waals surface area contributed by atoms with Crippen molar-refractivity contribution in [1.29, 1.82) is 0 Å². The third-order valence-electron chi connectivity index (χ3n) is 4.37. The van der Waals surface area contributed by atoms with Crippen molar-refractivity contribution in [3.63, 3.8) is 0 Å². The smallest absolute Gasteiger partial charge is 0.191 e. The van der Waals surface area contributed by atoms with Gasteiger partial charge in [-0.25, -0.2) is 4.99 Å². The molecule has 0 bridgehead atoms. The number of aromatic nitrogens is 3. The van der Waals surface area contributed by atoms with Gasteiger partial charge >= 0.3 is 0 Å². The van der Waals surface area contributed by atoms with Crippen LogP contribution in [0.2, 0.25) is 0 Å². The summed E-state index contributed by atoms with van der Waals surface area (Å²) in [5.74, 6) is 3.58. The number of nitrogens with one attached hydrogen (secondary N) is 2. The number of hydrogen-bond donors (Lipinski definition) is 2. The van der Waals surface area contributed by atoms with E-state index in [1.54, 1.807) is 0 Å². The van der Waals surface area contributed by atoms with Gasteiger partial charge in [0.1, 0.15) is 18.1 Å². The minimum Gasteiger partial charge on any atom is -0.493 e. The SMILES string of the molecule is CCNC(=NCc1nnc(C)n1C)NCCc1ccc2c(c1)CCO2.I. The van der Waals surface area contributed by atoms with Crippen LogP contribution < -0.4 is 15.4 Å². The summed E-state index contributed by atoms with van der Waals surface area (Å²) in [5.41, 5.74) is 2.63. The van der Waals surface area contributed by atoms with Crippen LogP contribution in [0.4, 0.5) is 0 Å². The summed E-state index contributed by atoms with van der Waals surface area (Å²) < 4.78 is 7.51. The molecular formula is C18H27IN6O. The lowest BCUT2D eigenvalue weighted by Crippen LogP contribution is -2.38. The van der Waals surface area contributed by atoms with Crippen LogP contribution in [0.15, 0.2) is 23.2 Å². The number of aliphatic imine (C=N–C) groups is 1. The molecule has 8 heteroatoms. The third kappa shape index (κ3) is 5.09. The van der Waals surface area contributed by atoms with Crippen LogP contribution in [0.5, 0.6) is 5.75 Å². The van der Waals surface area contributed by atoms with E-state index in [1.165, 1.54) is 11.1 Å². The molecule has 0 unspecified atom stereocenters. The van der Waals surface area contributed by atoms with Crippen LogP contribution >= 0.6 is 24.0 Å². The van der Waals surface area contributed by atoms with E-state index in [1.807, 2.05) is 18.5 Å². The van der Waals surface area contributed by atoms with E-state index < -0.39 is 0 Å². The second-order valence-electron chi connectivity index (χ2n) is 6.13. The lowest BCUT2D eigenvalue weighted by Gasteiger charge is -2.11. The van der Waals surface area contributed by atoms with Crippen molar-refractivity contribution < 1.29 is 4.74 Å². The Hall–Kier alpha value is -1.84. The van der Waals surface area contributed by atoms with Gasteiger partial charge in [0, 0.05) is 26.6 Å². The summed E-state index contributed by atoms with van der Waals surface area (Å²) in [6, 6.07) is 6.46. The molecule has 1 aliphatic rings. The van der Waals surface area contributed by atoms with Gasteiger partial charge in [0.25, 0.3) is 0 Å². The molecule has 26 heavy (non-hydrogen) atoms. The number of aryl methyl sites for hydroxylation is 1. The quantitative estimate of drug-likeness (QED) is 0.384. The van der Waals surface area contributed by atoms with E-state index in [9.17, 15) is 0 Å². The van der Waals surface area contributed by atoms with Gasteiger partial charge in [-0.2, -0.15) is 0 Å². The van der Waals surface area contributed by atoms with Gasteiger partial charge in [-0.15, -0.1) is 34.2 Å². The van der Waals surface area contributed by atoms with Gasteiger partial charge in [0.05, 0.1) is 6.61 Å². The molecule has 0 fully saturated rings. The minimum atomic E-state index is 0. The number of ether oxygens (including phenoxy) is 1. The normalized spacial score (nSPS) is 13.0. The Balaban J connectivity index is 0.00000243. The minimum absolute atomic E-state index is 0. The number of benzene rings is 1. The Morgan fingerprint density at radius 1 is 1.31 bits per heavy atom. The molecule has 7 nitrogen and oxygen atoms in total. The number of nitrogens with zero attached hydrogens (tertiary/aromatic N) is 4. The summed E-state index contributed by atoms with van der Waals surface area (Å²) in [6.07, 6.45) is 1.96. The third-order valence-corrected chi connectivity index (χ3v) is 4.37. The van der Waals surface area contributed by atoms with Crippen molar-refractivity contribution >= 4 is 29.9 Å². The average Bonchev–Trinajstić information content (AvgIpc) is 3.20. The first-order chi connectivity index (χ1) is 12.2. The molecule has 2 aromatic rings. The molecule has 1 aromatic heterocycles. The molecule has 0 radical (unpaired) electrons. The first-order valence-corrected chi connectivity index (χ1v) is 8.79. The highest BCUT2D eigenvalue weighted by Gasteiger charge is 2.11. The average molecular weight is 470 g/mol. The number of hydrogen-bond acceptors (Lipinski definition) is 4. The molecule has 2 heterocycles. The van der Waals surface area contributed by atoms with Gasteiger partial charge in [-0.3, -0.25) is 0 Å². The zero-order chi connectivity index (χ0) is 17.6. The summed E-state index contributed by atoms with van der Waals surface area (Å²) >= 11 is 0. The summed E-state index contributed by atoms with van der Waals surface area (Å²) in [6.45, 7) is 6.94. The Bertz CT molecular complexity index is 758. The summed E-state index contributed by atoms with van der Waals surface area (Å²) in [4.78, 5) is 4.60. The van der Waals surface area contributed by atoms with E-state index in [-0.39, 0.29) is 24.0 Å². The fourth-order valence-electron chi connectivity index (χ4n) is 2.80. The van der Waals surface area contributed by atoms with Crippen molar-refractivity contribution in [3.05, 3.63) is 41.0 Å². The highest BCUT2D eigenvalue weighted by atomic mass is 127. The number of fused-ring (bicyclic) bond motifs is 1. The van der Waals surface area contributed by atoms with Crippen molar-refractivity contribution in [2.45, 2.75) is 33.2 Å². The number of halogens is 1. The molecule has 0 saturated heterocycles. The van der Waals surface area contributed by atoms with Crippen LogP contribution in [-0.4, -0.2) is 40.4 Å². The number of rotatable bonds is 6. The Morgan fingerprint density at radius 2 is 2.15 bits per heavy atom. The maximum Gasteiger partial charge on any atom is 0.191 e. The molecule has 0 aliphatic carbocycles. The zero-order valence-corrected chi connectivity index (χ0v) is 17.9. The van der Waals surface area contributed by atoms with Gasteiger partial charge < -0.3 is 19.9 Å². The van der Waals surface area contributed by atoms with Gasteiger partial charge in [-0.05, 0) is 37.5 Å². The maximum atomic E-state index is 5.56. The molecular weight excluding hydrogens is 443 g/mol. The lowest BCUT2D eigenvalue weighted by molar-refractivity contribution is 0.357. The Kier molecular flexibility index (Phi) is 7.67. The first-order valence-electron chi connectivity index (χ1n) is 8.79.